The minimum atomic E-state index is -3.37. The number of halogens is 1. The molecule has 1 aliphatic heterocycles. The van der Waals surface area contributed by atoms with Gasteiger partial charge in [0.05, 0.1) is 10.8 Å². The van der Waals surface area contributed by atoms with Crippen molar-refractivity contribution in [2.75, 3.05) is 13.1 Å². The number of rotatable bonds is 5. The van der Waals surface area contributed by atoms with Crippen molar-refractivity contribution in [3.63, 3.8) is 0 Å². The van der Waals surface area contributed by atoms with Gasteiger partial charge in [0.15, 0.2) is 0 Å². The molecule has 1 aromatic rings. The zero-order valence-corrected chi connectivity index (χ0v) is 13.7. The molecule has 6 heteroatoms. The summed E-state index contributed by atoms with van der Waals surface area (Å²) in [5.74, 6) is 0.257. The van der Waals surface area contributed by atoms with Crippen molar-refractivity contribution in [3.05, 3.63) is 16.3 Å². The first-order chi connectivity index (χ1) is 8.99. The van der Waals surface area contributed by atoms with Gasteiger partial charge in [0.25, 0.3) is 0 Å². The lowest BCUT2D eigenvalue weighted by Crippen LogP contribution is -2.32. The SMILES string of the molecule is CCC1(CC)CCN(S(=O)(=O)c2ccsc2CCl)C1. The minimum Gasteiger partial charge on any atom is -0.207 e. The van der Waals surface area contributed by atoms with E-state index in [0.29, 0.717) is 18.0 Å². The third kappa shape index (κ3) is 2.71. The molecule has 0 aromatic carbocycles. The molecule has 0 atom stereocenters. The van der Waals surface area contributed by atoms with Crippen LogP contribution < -0.4 is 0 Å². The van der Waals surface area contributed by atoms with E-state index in [1.54, 1.807) is 15.8 Å². The fourth-order valence-electron chi connectivity index (χ4n) is 2.72. The van der Waals surface area contributed by atoms with E-state index in [1.165, 1.54) is 11.3 Å². The van der Waals surface area contributed by atoms with E-state index >= 15 is 0 Å². The summed E-state index contributed by atoms with van der Waals surface area (Å²) in [7, 11) is -3.37. The molecule has 19 heavy (non-hydrogen) atoms. The van der Waals surface area contributed by atoms with Gasteiger partial charge in [-0.05, 0) is 36.1 Å². The first kappa shape index (κ1) is 15.3. The maximum atomic E-state index is 12.7. The minimum absolute atomic E-state index is 0.157. The number of sulfonamides is 1. The molecule has 3 nitrogen and oxygen atoms in total. The average Bonchev–Trinajstić information content (AvgIpc) is 3.06. The van der Waals surface area contributed by atoms with Crippen molar-refractivity contribution in [1.29, 1.82) is 0 Å². The monoisotopic (exact) mass is 321 g/mol. The fourth-order valence-corrected chi connectivity index (χ4v) is 5.95. The summed E-state index contributed by atoms with van der Waals surface area (Å²) >= 11 is 7.23. The highest BCUT2D eigenvalue weighted by Crippen LogP contribution is 2.40. The Bertz CT molecular complexity index is 535. The van der Waals surface area contributed by atoms with Gasteiger partial charge in [-0.3, -0.25) is 0 Å². The molecule has 0 saturated carbocycles. The molecule has 2 heterocycles. The second kappa shape index (κ2) is 5.72. The molecule has 0 spiro atoms. The van der Waals surface area contributed by atoms with Crippen LogP contribution in [0.1, 0.15) is 38.0 Å². The number of alkyl halides is 1. The number of hydrogen-bond acceptors (Lipinski definition) is 3. The largest absolute Gasteiger partial charge is 0.244 e. The summed E-state index contributed by atoms with van der Waals surface area (Å²) in [6, 6.07) is 1.68. The van der Waals surface area contributed by atoms with Gasteiger partial charge in [0.1, 0.15) is 0 Å². The molecular weight excluding hydrogens is 302 g/mol. The summed E-state index contributed by atoms with van der Waals surface area (Å²) in [6.07, 6.45) is 3.02. The molecule has 1 aromatic heterocycles. The predicted octanol–water partition coefficient (Wildman–Crippen LogP) is 3.69. The highest BCUT2D eigenvalue weighted by Gasteiger charge is 2.41. The van der Waals surface area contributed by atoms with Crippen LogP contribution in [0.5, 0.6) is 0 Å². The van der Waals surface area contributed by atoms with E-state index in [2.05, 4.69) is 13.8 Å². The Morgan fingerprint density at radius 1 is 1.42 bits per heavy atom. The van der Waals surface area contributed by atoms with Gasteiger partial charge in [0, 0.05) is 18.0 Å². The normalized spacial score (nSPS) is 19.9. The van der Waals surface area contributed by atoms with Crippen LogP contribution in [-0.4, -0.2) is 25.8 Å². The van der Waals surface area contributed by atoms with Crippen LogP contribution in [0.2, 0.25) is 0 Å². The van der Waals surface area contributed by atoms with Crippen molar-refractivity contribution in [3.8, 4) is 0 Å². The van der Waals surface area contributed by atoms with Crippen LogP contribution >= 0.6 is 22.9 Å². The number of nitrogens with zero attached hydrogens (tertiary/aromatic N) is 1. The van der Waals surface area contributed by atoms with Gasteiger partial charge in [-0.25, -0.2) is 8.42 Å². The molecular formula is C13H20ClNO2S2. The summed E-state index contributed by atoms with van der Waals surface area (Å²) in [4.78, 5) is 1.14. The molecule has 1 fully saturated rings. The van der Waals surface area contributed by atoms with Gasteiger partial charge in [-0.1, -0.05) is 13.8 Å². The summed E-state index contributed by atoms with van der Waals surface area (Å²) in [5.41, 5.74) is 0.157. The van der Waals surface area contributed by atoms with E-state index in [1.807, 2.05) is 0 Å². The predicted molar refractivity (Wildman–Crippen MR) is 80.3 cm³/mol. The molecule has 0 bridgehead atoms. The van der Waals surface area contributed by atoms with E-state index in [0.717, 1.165) is 24.1 Å². The lowest BCUT2D eigenvalue weighted by molar-refractivity contribution is 0.279. The van der Waals surface area contributed by atoms with Gasteiger partial charge in [-0.15, -0.1) is 22.9 Å². The molecule has 0 N–H and O–H groups in total. The van der Waals surface area contributed by atoms with Crippen molar-refractivity contribution in [1.82, 2.24) is 4.31 Å². The van der Waals surface area contributed by atoms with E-state index in [-0.39, 0.29) is 11.3 Å². The smallest absolute Gasteiger partial charge is 0.207 e. The molecule has 1 saturated heterocycles. The van der Waals surface area contributed by atoms with E-state index in [4.69, 9.17) is 11.6 Å². The summed E-state index contributed by atoms with van der Waals surface area (Å²) < 4.78 is 27.0. The Morgan fingerprint density at radius 2 is 2.11 bits per heavy atom. The Hall–Kier alpha value is -0.100. The van der Waals surface area contributed by atoms with Crippen LogP contribution in [0, 0.1) is 5.41 Å². The molecule has 0 aliphatic carbocycles. The Labute approximate surface area is 124 Å². The zero-order chi connectivity index (χ0) is 14.1. The summed E-state index contributed by atoms with van der Waals surface area (Å²) in [6.45, 7) is 5.56. The molecule has 2 rings (SSSR count). The zero-order valence-electron chi connectivity index (χ0n) is 11.4. The second-order valence-electron chi connectivity index (χ2n) is 5.14. The van der Waals surface area contributed by atoms with Crippen molar-refractivity contribution in [2.24, 2.45) is 5.41 Å². The molecule has 0 amide bonds. The van der Waals surface area contributed by atoms with Crippen molar-refractivity contribution in [2.45, 2.75) is 43.9 Å². The standard InChI is InChI=1S/C13H20ClNO2S2/c1-3-13(4-2)6-7-15(10-13)19(16,17)12-5-8-18-11(12)9-14/h5,8H,3-4,6-7,9-10H2,1-2H3. The number of hydrogen-bond donors (Lipinski definition) is 0. The molecule has 0 radical (unpaired) electrons. The molecule has 0 unspecified atom stereocenters. The van der Waals surface area contributed by atoms with Gasteiger partial charge >= 0.3 is 0 Å². The molecule has 1 aliphatic rings. The quantitative estimate of drug-likeness (QED) is 0.776. The van der Waals surface area contributed by atoms with Crippen LogP contribution in [0.15, 0.2) is 16.3 Å². The van der Waals surface area contributed by atoms with Crippen molar-refractivity contribution >= 4 is 33.0 Å². The van der Waals surface area contributed by atoms with E-state index in [9.17, 15) is 8.42 Å². The Balaban J connectivity index is 2.28. The van der Waals surface area contributed by atoms with Gasteiger partial charge in [0.2, 0.25) is 10.0 Å². The van der Waals surface area contributed by atoms with Gasteiger partial charge < -0.3 is 0 Å². The highest BCUT2D eigenvalue weighted by molar-refractivity contribution is 7.89. The first-order valence-corrected chi connectivity index (χ1v) is 9.47. The van der Waals surface area contributed by atoms with Crippen LogP contribution in [0.25, 0.3) is 0 Å². The molecule has 108 valence electrons. The number of thiophene rings is 1. The topological polar surface area (TPSA) is 37.4 Å². The second-order valence-corrected chi connectivity index (χ2v) is 8.31. The van der Waals surface area contributed by atoms with Crippen LogP contribution in [0.4, 0.5) is 0 Å². The Morgan fingerprint density at radius 3 is 2.63 bits per heavy atom. The van der Waals surface area contributed by atoms with Crippen LogP contribution in [-0.2, 0) is 15.9 Å². The van der Waals surface area contributed by atoms with Gasteiger partial charge in [-0.2, -0.15) is 4.31 Å². The van der Waals surface area contributed by atoms with Crippen molar-refractivity contribution < 1.29 is 8.42 Å². The lowest BCUT2D eigenvalue weighted by atomic mass is 9.82. The first-order valence-electron chi connectivity index (χ1n) is 6.61. The Kier molecular flexibility index (Phi) is 4.60. The van der Waals surface area contributed by atoms with E-state index < -0.39 is 10.0 Å². The highest BCUT2D eigenvalue weighted by atomic mass is 35.5. The maximum absolute atomic E-state index is 12.7. The maximum Gasteiger partial charge on any atom is 0.244 e. The fraction of sp³-hybridized carbons (Fsp3) is 0.692. The third-order valence-electron chi connectivity index (χ3n) is 4.35. The average molecular weight is 322 g/mol. The lowest BCUT2D eigenvalue weighted by Gasteiger charge is -2.26. The van der Waals surface area contributed by atoms with Crippen LogP contribution in [0.3, 0.4) is 0 Å². The third-order valence-corrected chi connectivity index (χ3v) is 7.75. The summed E-state index contributed by atoms with van der Waals surface area (Å²) in [5, 5.41) is 1.80.